The summed E-state index contributed by atoms with van der Waals surface area (Å²) in [6, 6.07) is 10.9. The minimum Gasteiger partial charge on any atom is -0.351 e. The summed E-state index contributed by atoms with van der Waals surface area (Å²) in [6.07, 6.45) is 7.78. The van der Waals surface area contributed by atoms with Crippen molar-refractivity contribution in [3.05, 3.63) is 110 Å². The van der Waals surface area contributed by atoms with Gasteiger partial charge in [0.05, 0.1) is 34.6 Å². The summed E-state index contributed by atoms with van der Waals surface area (Å²) in [4.78, 5) is 25.4. The fourth-order valence-electron chi connectivity index (χ4n) is 4.03. The number of carbonyl (C=O) groups is 1. The van der Waals surface area contributed by atoms with Gasteiger partial charge in [-0.15, -0.1) is 0 Å². The molecule has 42 heavy (non-hydrogen) atoms. The molecule has 0 unspecified atom stereocenters. The zero-order valence-electron chi connectivity index (χ0n) is 21.7. The molecule has 0 aliphatic heterocycles. The van der Waals surface area contributed by atoms with E-state index in [-0.39, 0.29) is 23.2 Å². The lowest BCUT2D eigenvalue weighted by molar-refractivity contribution is 0.0270. The van der Waals surface area contributed by atoms with Crippen molar-refractivity contribution in [1.82, 2.24) is 20.2 Å². The fraction of sp³-hybridized carbons (Fsp3) is 0.179. The first kappa shape index (κ1) is 30.2. The molecule has 3 N–H and O–H groups in total. The van der Waals surface area contributed by atoms with Crippen LogP contribution in [0.2, 0.25) is 5.02 Å². The second-order valence-corrected chi connectivity index (χ2v) is 12.8. The van der Waals surface area contributed by atoms with Crippen LogP contribution < -0.4 is 15.5 Å². The van der Waals surface area contributed by atoms with Gasteiger partial charge in [-0.2, -0.15) is 4.72 Å². The Morgan fingerprint density at radius 3 is 2.29 bits per heavy atom. The van der Waals surface area contributed by atoms with Crippen LogP contribution in [0.1, 0.15) is 40.4 Å². The number of aromatic nitrogens is 2. The first-order valence-corrected chi connectivity index (χ1v) is 15.6. The number of halogens is 4. The Balaban J connectivity index is 1.56. The van der Waals surface area contributed by atoms with Gasteiger partial charge in [-0.1, -0.05) is 23.7 Å². The van der Waals surface area contributed by atoms with Gasteiger partial charge in [0.15, 0.2) is 11.6 Å². The highest BCUT2D eigenvalue weighted by atomic mass is 127. The largest absolute Gasteiger partial charge is 0.351 e. The summed E-state index contributed by atoms with van der Waals surface area (Å²) >= 11 is 8.31. The van der Waals surface area contributed by atoms with Crippen molar-refractivity contribution in [1.29, 1.82) is 0 Å². The SMILES string of the molecule is O=C(NOCC1CC1)c1cc(S(=O)(=O)NC(c2cccnc2)c2cccnc2)c(F)c(F)c1Nc1ccc(I)cc1Cl. The predicted molar refractivity (Wildman–Crippen MR) is 161 cm³/mol. The summed E-state index contributed by atoms with van der Waals surface area (Å²) in [5.41, 5.74) is 2.10. The highest BCUT2D eigenvalue weighted by Crippen LogP contribution is 2.35. The third-order valence-electron chi connectivity index (χ3n) is 6.39. The molecule has 5 rings (SSSR count). The molecule has 0 spiro atoms. The molecule has 0 atom stereocenters. The van der Waals surface area contributed by atoms with Crippen molar-refractivity contribution < 1.29 is 26.8 Å². The van der Waals surface area contributed by atoms with E-state index in [0.717, 1.165) is 22.5 Å². The molecule has 0 saturated heterocycles. The number of sulfonamides is 1. The van der Waals surface area contributed by atoms with Crippen LogP contribution in [0.5, 0.6) is 0 Å². The maximum absolute atomic E-state index is 15.7. The van der Waals surface area contributed by atoms with E-state index in [1.807, 2.05) is 22.6 Å². The number of nitrogens with zero attached hydrogens (tertiary/aromatic N) is 2. The van der Waals surface area contributed by atoms with Gasteiger partial charge < -0.3 is 5.32 Å². The van der Waals surface area contributed by atoms with Crippen molar-refractivity contribution in [2.75, 3.05) is 11.9 Å². The molecule has 1 aliphatic carbocycles. The average Bonchev–Trinajstić information content (AvgIpc) is 3.81. The second kappa shape index (κ2) is 13.0. The molecule has 0 bridgehead atoms. The van der Waals surface area contributed by atoms with Crippen LogP contribution in [0.15, 0.2) is 78.2 Å². The van der Waals surface area contributed by atoms with E-state index in [4.69, 9.17) is 16.4 Å². The standard InChI is InChI=1S/C28H23ClF2IN5O4S/c29-21-11-19(32)7-8-22(21)35-27-20(28(38)36-41-15-16-5-6-16)12-23(24(30)25(27)31)42(39,40)37-26(17-3-1-9-33-13-17)18-4-2-10-34-14-18/h1-4,7-14,16,26,35,37H,5-6,15H2,(H,36,38). The lowest BCUT2D eigenvalue weighted by atomic mass is 10.0. The number of benzene rings is 2. The average molecular weight is 726 g/mol. The van der Waals surface area contributed by atoms with Crippen LogP contribution in [-0.4, -0.2) is 30.9 Å². The quantitative estimate of drug-likeness (QED) is 0.130. The van der Waals surface area contributed by atoms with Gasteiger partial charge in [0.1, 0.15) is 4.90 Å². The fourth-order valence-corrected chi connectivity index (χ4v) is 6.24. The Labute approximate surface area is 259 Å². The van der Waals surface area contributed by atoms with Crippen LogP contribution in [0.3, 0.4) is 0 Å². The van der Waals surface area contributed by atoms with E-state index >= 15 is 8.78 Å². The topological polar surface area (TPSA) is 122 Å². The van der Waals surface area contributed by atoms with Gasteiger partial charge in [-0.3, -0.25) is 19.6 Å². The van der Waals surface area contributed by atoms with E-state index < -0.39 is 49.8 Å². The van der Waals surface area contributed by atoms with Crippen molar-refractivity contribution in [3.8, 4) is 0 Å². The number of nitrogens with one attached hydrogen (secondary N) is 3. The Morgan fingerprint density at radius 2 is 1.71 bits per heavy atom. The Kier molecular flexibility index (Phi) is 9.32. The number of hydrogen-bond acceptors (Lipinski definition) is 7. The van der Waals surface area contributed by atoms with E-state index in [1.54, 1.807) is 36.4 Å². The number of amides is 1. The number of carbonyl (C=O) groups excluding carboxylic acids is 1. The van der Waals surface area contributed by atoms with Gasteiger partial charge >= 0.3 is 0 Å². The molecular weight excluding hydrogens is 703 g/mol. The van der Waals surface area contributed by atoms with Crippen molar-refractivity contribution in [2.24, 2.45) is 5.92 Å². The summed E-state index contributed by atoms with van der Waals surface area (Å²) in [5.74, 6) is -3.99. The van der Waals surface area contributed by atoms with Crippen LogP contribution in [-0.2, 0) is 14.9 Å². The molecule has 2 aromatic carbocycles. The summed E-state index contributed by atoms with van der Waals surface area (Å²) < 4.78 is 61.9. The lowest BCUT2D eigenvalue weighted by Gasteiger charge is -2.21. The molecule has 2 aromatic heterocycles. The van der Waals surface area contributed by atoms with Crippen molar-refractivity contribution >= 4 is 61.5 Å². The van der Waals surface area contributed by atoms with E-state index in [0.29, 0.717) is 11.1 Å². The number of anilines is 2. The molecule has 1 saturated carbocycles. The van der Waals surface area contributed by atoms with Crippen LogP contribution in [0.25, 0.3) is 0 Å². The summed E-state index contributed by atoms with van der Waals surface area (Å²) in [6.45, 7) is 0.228. The van der Waals surface area contributed by atoms with E-state index in [1.165, 1.54) is 30.9 Å². The maximum Gasteiger partial charge on any atom is 0.277 e. The van der Waals surface area contributed by atoms with Gasteiger partial charge in [-0.05, 0) is 88.9 Å². The first-order chi connectivity index (χ1) is 20.1. The number of rotatable bonds is 11. The summed E-state index contributed by atoms with van der Waals surface area (Å²) in [5, 5.41) is 2.82. The molecule has 2 heterocycles. The summed E-state index contributed by atoms with van der Waals surface area (Å²) in [7, 11) is -4.79. The lowest BCUT2D eigenvalue weighted by Crippen LogP contribution is -2.31. The predicted octanol–water partition coefficient (Wildman–Crippen LogP) is 5.90. The number of hydrogen-bond donors (Lipinski definition) is 3. The van der Waals surface area contributed by atoms with E-state index in [2.05, 4.69) is 25.5 Å². The third kappa shape index (κ3) is 7.03. The molecule has 1 fully saturated rings. The van der Waals surface area contributed by atoms with Crippen LogP contribution >= 0.6 is 34.2 Å². The van der Waals surface area contributed by atoms with Crippen LogP contribution in [0, 0.1) is 21.1 Å². The normalized spacial score (nSPS) is 13.3. The third-order valence-corrected chi connectivity index (χ3v) is 8.79. The monoisotopic (exact) mass is 725 g/mol. The molecule has 4 aromatic rings. The Bertz CT molecular complexity index is 1680. The minimum absolute atomic E-state index is 0.172. The van der Waals surface area contributed by atoms with Gasteiger partial charge in [0.2, 0.25) is 10.0 Å². The van der Waals surface area contributed by atoms with Gasteiger partial charge in [0.25, 0.3) is 5.91 Å². The minimum atomic E-state index is -4.79. The molecule has 9 nitrogen and oxygen atoms in total. The number of hydroxylamine groups is 1. The number of pyridine rings is 2. The van der Waals surface area contributed by atoms with Gasteiger partial charge in [-0.25, -0.2) is 22.7 Å². The van der Waals surface area contributed by atoms with Crippen LogP contribution in [0.4, 0.5) is 20.2 Å². The first-order valence-electron chi connectivity index (χ1n) is 12.6. The highest BCUT2D eigenvalue weighted by molar-refractivity contribution is 14.1. The molecule has 14 heteroatoms. The highest BCUT2D eigenvalue weighted by Gasteiger charge is 2.32. The molecular formula is C28H23ClF2IN5O4S. The second-order valence-electron chi connectivity index (χ2n) is 9.49. The van der Waals surface area contributed by atoms with Crippen molar-refractivity contribution in [2.45, 2.75) is 23.8 Å². The molecule has 0 radical (unpaired) electrons. The van der Waals surface area contributed by atoms with Crippen molar-refractivity contribution in [3.63, 3.8) is 0 Å². The Hall–Kier alpha value is -3.24. The van der Waals surface area contributed by atoms with Gasteiger partial charge in [0, 0.05) is 28.4 Å². The smallest absolute Gasteiger partial charge is 0.277 e. The van der Waals surface area contributed by atoms with E-state index in [9.17, 15) is 13.2 Å². The molecule has 1 amide bonds. The Morgan fingerprint density at radius 1 is 1.05 bits per heavy atom. The zero-order valence-corrected chi connectivity index (χ0v) is 25.4. The zero-order chi connectivity index (χ0) is 29.9. The molecule has 1 aliphatic rings. The maximum atomic E-state index is 15.7. The molecule has 218 valence electrons.